The number of aromatic nitrogens is 1. The molecule has 0 aliphatic carbocycles. The minimum Gasteiger partial charge on any atom is -0.368 e. The first-order chi connectivity index (χ1) is 13.2. The number of rotatable bonds is 3. The van der Waals surface area contributed by atoms with Crippen LogP contribution >= 0.6 is 0 Å². The molecule has 3 fully saturated rings. The molecule has 3 amide bonds. The third-order valence-electron chi connectivity index (χ3n) is 5.51. The van der Waals surface area contributed by atoms with Crippen LogP contribution < -0.4 is 10.2 Å². The van der Waals surface area contributed by atoms with E-state index in [1.165, 1.54) is 12.8 Å². The first kappa shape index (κ1) is 18.0. The Morgan fingerprint density at radius 3 is 2.37 bits per heavy atom. The van der Waals surface area contributed by atoms with E-state index in [4.69, 9.17) is 4.74 Å². The number of hydrogen-bond donors (Lipinski definition) is 1. The van der Waals surface area contributed by atoms with E-state index in [1.807, 2.05) is 17.0 Å². The standard InChI is InChI=1S/C19H27N5O3/c25-18(16-4-3-13-27-16)23-9-11-24(12-10-23)19(26)21-15-5-6-17(20-14-15)22-7-1-2-8-22/h5-6,14,16H,1-4,7-13H2,(H,21,26)/t16-/m1/s1. The fourth-order valence-corrected chi connectivity index (χ4v) is 3.90. The summed E-state index contributed by atoms with van der Waals surface area (Å²) < 4.78 is 5.47. The molecule has 4 heterocycles. The van der Waals surface area contributed by atoms with Gasteiger partial charge in [0.25, 0.3) is 5.91 Å². The molecular formula is C19H27N5O3. The Bertz CT molecular complexity index is 660. The molecule has 1 atom stereocenters. The van der Waals surface area contributed by atoms with Gasteiger partial charge in [-0.15, -0.1) is 0 Å². The normalized spacial score (nSPS) is 23.0. The maximum absolute atomic E-state index is 12.5. The van der Waals surface area contributed by atoms with Gasteiger partial charge >= 0.3 is 6.03 Å². The number of pyridine rings is 1. The lowest BCUT2D eigenvalue weighted by molar-refractivity contribution is -0.142. The second-order valence-electron chi connectivity index (χ2n) is 7.34. The maximum Gasteiger partial charge on any atom is 0.322 e. The van der Waals surface area contributed by atoms with Crippen molar-refractivity contribution in [2.45, 2.75) is 31.8 Å². The van der Waals surface area contributed by atoms with Crippen LogP contribution in [0.25, 0.3) is 0 Å². The zero-order valence-corrected chi connectivity index (χ0v) is 15.6. The van der Waals surface area contributed by atoms with Crippen LogP contribution in [0.4, 0.5) is 16.3 Å². The van der Waals surface area contributed by atoms with E-state index in [2.05, 4.69) is 15.2 Å². The average Bonchev–Trinajstić information content (AvgIpc) is 3.42. The van der Waals surface area contributed by atoms with Crippen molar-refractivity contribution < 1.29 is 14.3 Å². The Morgan fingerprint density at radius 1 is 1.00 bits per heavy atom. The minimum atomic E-state index is -0.287. The summed E-state index contributed by atoms with van der Waals surface area (Å²) in [6, 6.07) is 3.71. The molecule has 0 aromatic carbocycles. The fourth-order valence-electron chi connectivity index (χ4n) is 3.90. The van der Waals surface area contributed by atoms with Gasteiger partial charge in [-0.2, -0.15) is 0 Å². The van der Waals surface area contributed by atoms with Crippen molar-refractivity contribution in [2.24, 2.45) is 0 Å². The Balaban J connectivity index is 1.26. The van der Waals surface area contributed by atoms with Crippen molar-refractivity contribution in [2.75, 3.05) is 56.1 Å². The van der Waals surface area contributed by atoms with Gasteiger partial charge in [0.05, 0.1) is 11.9 Å². The quantitative estimate of drug-likeness (QED) is 0.870. The summed E-state index contributed by atoms with van der Waals surface area (Å²) in [5.41, 5.74) is 0.695. The van der Waals surface area contributed by atoms with Crippen LogP contribution in [0.15, 0.2) is 18.3 Å². The average molecular weight is 373 g/mol. The van der Waals surface area contributed by atoms with Gasteiger partial charge in [0, 0.05) is 45.9 Å². The number of amides is 3. The zero-order valence-electron chi connectivity index (χ0n) is 15.6. The second kappa shape index (κ2) is 8.12. The topological polar surface area (TPSA) is 78.0 Å². The number of carbonyl (C=O) groups excluding carboxylic acids is 2. The summed E-state index contributed by atoms with van der Waals surface area (Å²) in [5.74, 6) is 1.03. The van der Waals surface area contributed by atoms with Crippen LogP contribution in [0, 0.1) is 0 Å². The maximum atomic E-state index is 12.5. The first-order valence-corrected chi connectivity index (χ1v) is 9.88. The molecule has 0 radical (unpaired) electrons. The lowest BCUT2D eigenvalue weighted by Gasteiger charge is -2.35. The molecule has 3 aliphatic rings. The number of ether oxygens (including phenoxy) is 1. The number of hydrogen-bond acceptors (Lipinski definition) is 5. The molecule has 8 heteroatoms. The van der Waals surface area contributed by atoms with Crippen LogP contribution in [-0.4, -0.2) is 78.7 Å². The number of nitrogens with zero attached hydrogens (tertiary/aromatic N) is 4. The smallest absolute Gasteiger partial charge is 0.322 e. The summed E-state index contributed by atoms with van der Waals surface area (Å²) in [7, 11) is 0. The molecule has 1 N–H and O–H groups in total. The number of nitrogens with one attached hydrogen (secondary N) is 1. The van der Waals surface area contributed by atoms with Gasteiger partial charge in [-0.05, 0) is 37.8 Å². The van der Waals surface area contributed by atoms with Gasteiger partial charge in [0.1, 0.15) is 11.9 Å². The molecule has 1 aromatic heterocycles. The molecule has 3 aliphatic heterocycles. The van der Waals surface area contributed by atoms with Gasteiger partial charge in [-0.3, -0.25) is 4.79 Å². The predicted molar refractivity (Wildman–Crippen MR) is 102 cm³/mol. The van der Waals surface area contributed by atoms with Gasteiger partial charge in [-0.1, -0.05) is 0 Å². The van der Waals surface area contributed by atoms with Crippen LogP contribution in [-0.2, 0) is 9.53 Å². The van der Waals surface area contributed by atoms with E-state index in [-0.39, 0.29) is 18.0 Å². The van der Waals surface area contributed by atoms with Crippen LogP contribution in [0.5, 0.6) is 0 Å². The summed E-state index contributed by atoms with van der Waals surface area (Å²) in [4.78, 5) is 35.1. The van der Waals surface area contributed by atoms with Crippen molar-refractivity contribution in [3.63, 3.8) is 0 Å². The van der Waals surface area contributed by atoms with Crippen molar-refractivity contribution in [1.82, 2.24) is 14.8 Å². The highest BCUT2D eigenvalue weighted by Gasteiger charge is 2.31. The zero-order chi connectivity index (χ0) is 18.6. The molecule has 27 heavy (non-hydrogen) atoms. The summed E-state index contributed by atoms with van der Waals surface area (Å²) >= 11 is 0. The summed E-state index contributed by atoms with van der Waals surface area (Å²) in [6.07, 6.45) is 5.60. The Hall–Kier alpha value is -2.35. The highest BCUT2D eigenvalue weighted by atomic mass is 16.5. The van der Waals surface area contributed by atoms with Crippen LogP contribution in [0.2, 0.25) is 0 Å². The Morgan fingerprint density at radius 2 is 1.74 bits per heavy atom. The molecule has 4 rings (SSSR count). The van der Waals surface area contributed by atoms with E-state index in [1.54, 1.807) is 11.1 Å². The molecule has 8 nitrogen and oxygen atoms in total. The number of carbonyl (C=O) groups is 2. The molecule has 146 valence electrons. The first-order valence-electron chi connectivity index (χ1n) is 9.88. The molecule has 0 spiro atoms. The number of anilines is 2. The molecule has 1 aromatic rings. The van der Waals surface area contributed by atoms with E-state index >= 15 is 0 Å². The van der Waals surface area contributed by atoms with E-state index < -0.39 is 0 Å². The SMILES string of the molecule is O=C(Nc1ccc(N2CCCC2)nc1)N1CCN(C(=O)[C@H]2CCCO2)CC1. The molecule has 0 bridgehead atoms. The second-order valence-corrected chi connectivity index (χ2v) is 7.34. The third-order valence-corrected chi connectivity index (χ3v) is 5.51. The van der Waals surface area contributed by atoms with E-state index in [9.17, 15) is 9.59 Å². The van der Waals surface area contributed by atoms with Crippen molar-refractivity contribution >= 4 is 23.4 Å². The Labute approximate surface area is 159 Å². The minimum absolute atomic E-state index is 0.0641. The third kappa shape index (κ3) is 4.16. The van der Waals surface area contributed by atoms with Gasteiger partial charge < -0.3 is 24.8 Å². The lowest BCUT2D eigenvalue weighted by Crippen LogP contribution is -2.53. The molecular weight excluding hydrogens is 346 g/mol. The highest BCUT2D eigenvalue weighted by molar-refractivity contribution is 5.89. The summed E-state index contributed by atoms with van der Waals surface area (Å²) in [6.45, 7) is 4.94. The van der Waals surface area contributed by atoms with Crippen LogP contribution in [0.1, 0.15) is 25.7 Å². The van der Waals surface area contributed by atoms with Crippen LogP contribution in [0.3, 0.4) is 0 Å². The highest BCUT2D eigenvalue weighted by Crippen LogP contribution is 2.20. The van der Waals surface area contributed by atoms with Gasteiger partial charge in [0.15, 0.2) is 0 Å². The van der Waals surface area contributed by atoms with E-state index in [0.717, 1.165) is 31.7 Å². The monoisotopic (exact) mass is 373 g/mol. The van der Waals surface area contributed by atoms with E-state index in [0.29, 0.717) is 38.5 Å². The molecule has 0 unspecified atom stereocenters. The van der Waals surface area contributed by atoms with Crippen molar-refractivity contribution in [3.05, 3.63) is 18.3 Å². The fraction of sp³-hybridized carbons (Fsp3) is 0.632. The van der Waals surface area contributed by atoms with Crippen molar-refractivity contribution in [3.8, 4) is 0 Å². The van der Waals surface area contributed by atoms with Gasteiger partial charge in [-0.25, -0.2) is 9.78 Å². The van der Waals surface area contributed by atoms with Gasteiger partial charge in [0.2, 0.25) is 0 Å². The Kier molecular flexibility index (Phi) is 5.42. The predicted octanol–water partition coefficient (Wildman–Crippen LogP) is 1.54. The largest absolute Gasteiger partial charge is 0.368 e. The van der Waals surface area contributed by atoms with Crippen molar-refractivity contribution in [1.29, 1.82) is 0 Å². The lowest BCUT2D eigenvalue weighted by atomic mass is 10.2. The number of piperazine rings is 1. The number of urea groups is 1. The summed E-state index contributed by atoms with van der Waals surface area (Å²) in [5, 5.41) is 2.91. The molecule has 3 saturated heterocycles. The molecule has 0 saturated carbocycles.